The van der Waals surface area contributed by atoms with Gasteiger partial charge in [0.2, 0.25) is 0 Å². The molecule has 0 saturated carbocycles. The van der Waals surface area contributed by atoms with Crippen molar-refractivity contribution in [2.75, 3.05) is 11.7 Å². The number of aromatic nitrogens is 1. The maximum atomic E-state index is 12.4. The van der Waals surface area contributed by atoms with Gasteiger partial charge in [0.15, 0.2) is 0 Å². The molecular formula is C14H12F3N3S. The topological polar surface area (TPSA) is 37.3 Å². The van der Waals surface area contributed by atoms with Crippen LogP contribution >= 0.6 is 11.8 Å². The van der Waals surface area contributed by atoms with Crippen LogP contribution in [0, 0.1) is 0 Å². The third kappa shape index (κ3) is 4.49. The molecule has 0 saturated heterocycles. The summed E-state index contributed by atoms with van der Waals surface area (Å²) in [6.45, 7) is 0. The average molecular weight is 311 g/mol. The second kappa shape index (κ2) is 6.62. The fraction of sp³-hybridized carbons (Fsp3) is 0.143. The second-order valence-corrected chi connectivity index (χ2v) is 4.95. The number of halogens is 3. The number of anilines is 1. The molecule has 0 unspecified atom stereocenters. The van der Waals surface area contributed by atoms with Gasteiger partial charge in [-0.05, 0) is 36.1 Å². The third-order valence-electron chi connectivity index (χ3n) is 2.60. The van der Waals surface area contributed by atoms with Crippen LogP contribution in [-0.4, -0.2) is 17.5 Å². The van der Waals surface area contributed by atoms with Crippen molar-refractivity contribution < 1.29 is 13.2 Å². The number of hydrogen-bond donors (Lipinski definition) is 1. The molecule has 21 heavy (non-hydrogen) atoms. The summed E-state index contributed by atoms with van der Waals surface area (Å²) >= 11 is 1.64. The number of thioether (sulfide) groups is 1. The van der Waals surface area contributed by atoms with Gasteiger partial charge < -0.3 is 0 Å². The van der Waals surface area contributed by atoms with E-state index in [4.69, 9.17) is 0 Å². The quantitative estimate of drug-likeness (QED) is 0.520. The van der Waals surface area contributed by atoms with Crippen molar-refractivity contribution in [3.05, 3.63) is 53.7 Å². The lowest BCUT2D eigenvalue weighted by molar-refractivity contribution is -0.137. The van der Waals surface area contributed by atoms with Crippen molar-refractivity contribution in [2.24, 2.45) is 5.10 Å². The van der Waals surface area contributed by atoms with Crippen LogP contribution in [0.15, 0.2) is 52.6 Å². The Balaban J connectivity index is 1.97. The Morgan fingerprint density at radius 1 is 1.14 bits per heavy atom. The first-order valence-electron chi connectivity index (χ1n) is 5.95. The minimum atomic E-state index is -4.38. The van der Waals surface area contributed by atoms with Crippen molar-refractivity contribution in [3.8, 4) is 0 Å². The molecule has 0 aliphatic carbocycles. The second-order valence-electron chi connectivity index (χ2n) is 4.07. The molecule has 1 N–H and O–H groups in total. The maximum absolute atomic E-state index is 12.4. The molecule has 0 amide bonds. The molecule has 0 fully saturated rings. The number of nitrogens with one attached hydrogen (secondary N) is 1. The predicted molar refractivity (Wildman–Crippen MR) is 78.7 cm³/mol. The van der Waals surface area contributed by atoms with Crippen LogP contribution in [0.3, 0.4) is 0 Å². The fourth-order valence-corrected chi connectivity index (χ4v) is 1.90. The first kappa shape index (κ1) is 15.4. The Morgan fingerprint density at radius 2 is 1.86 bits per heavy atom. The van der Waals surface area contributed by atoms with Crippen LogP contribution in [0.25, 0.3) is 0 Å². The van der Waals surface area contributed by atoms with E-state index >= 15 is 0 Å². The van der Waals surface area contributed by atoms with E-state index in [1.807, 2.05) is 30.5 Å². The summed E-state index contributed by atoms with van der Waals surface area (Å²) in [7, 11) is 0. The molecular weight excluding hydrogens is 299 g/mol. The van der Waals surface area contributed by atoms with Gasteiger partial charge >= 0.3 is 6.18 Å². The fourth-order valence-electron chi connectivity index (χ4n) is 1.49. The maximum Gasteiger partial charge on any atom is 0.417 e. The molecule has 0 bridgehead atoms. The summed E-state index contributed by atoms with van der Waals surface area (Å²) in [4.78, 5) is 4.80. The number of alkyl halides is 3. The lowest BCUT2D eigenvalue weighted by Crippen LogP contribution is -2.05. The Labute approximate surface area is 124 Å². The van der Waals surface area contributed by atoms with Crippen molar-refractivity contribution >= 4 is 23.8 Å². The van der Waals surface area contributed by atoms with Crippen LogP contribution in [0.4, 0.5) is 19.0 Å². The van der Waals surface area contributed by atoms with E-state index < -0.39 is 11.7 Å². The molecule has 1 aromatic carbocycles. The Kier molecular flexibility index (Phi) is 4.85. The minimum absolute atomic E-state index is 0.250. The predicted octanol–water partition coefficient (Wildman–Crippen LogP) is 4.27. The number of rotatable bonds is 4. The molecule has 1 aromatic heterocycles. The van der Waals surface area contributed by atoms with Crippen molar-refractivity contribution in [1.82, 2.24) is 4.98 Å². The highest BCUT2D eigenvalue weighted by Crippen LogP contribution is 2.28. The number of benzene rings is 1. The van der Waals surface area contributed by atoms with Gasteiger partial charge in [-0.3, -0.25) is 5.43 Å². The van der Waals surface area contributed by atoms with Crippen LogP contribution in [-0.2, 0) is 6.18 Å². The smallest absolute Gasteiger partial charge is 0.261 e. The summed E-state index contributed by atoms with van der Waals surface area (Å²) in [6.07, 6.45) is -0.0522. The van der Waals surface area contributed by atoms with E-state index in [-0.39, 0.29) is 5.82 Å². The van der Waals surface area contributed by atoms with Gasteiger partial charge in [0.25, 0.3) is 0 Å². The summed E-state index contributed by atoms with van der Waals surface area (Å²) in [5.41, 5.74) is 2.68. The molecule has 0 aliphatic rings. The number of hydrazone groups is 1. The van der Waals surface area contributed by atoms with Crippen molar-refractivity contribution in [1.29, 1.82) is 0 Å². The number of nitrogens with zero attached hydrogens (tertiary/aromatic N) is 2. The van der Waals surface area contributed by atoms with Crippen molar-refractivity contribution in [2.45, 2.75) is 11.1 Å². The van der Waals surface area contributed by atoms with Gasteiger partial charge in [0.05, 0.1) is 11.8 Å². The minimum Gasteiger partial charge on any atom is -0.261 e. The highest BCUT2D eigenvalue weighted by atomic mass is 32.2. The highest BCUT2D eigenvalue weighted by Gasteiger charge is 2.30. The monoisotopic (exact) mass is 311 g/mol. The van der Waals surface area contributed by atoms with E-state index in [1.54, 1.807) is 18.0 Å². The van der Waals surface area contributed by atoms with E-state index in [0.29, 0.717) is 0 Å². The zero-order chi connectivity index (χ0) is 15.3. The van der Waals surface area contributed by atoms with Gasteiger partial charge in [0.1, 0.15) is 5.82 Å². The van der Waals surface area contributed by atoms with Gasteiger partial charge in [-0.1, -0.05) is 12.1 Å². The van der Waals surface area contributed by atoms with Gasteiger partial charge in [-0.15, -0.1) is 11.8 Å². The third-order valence-corrected chi connectivity index (χ3v) is 3.34. The zero-order valence-electron chi connectivity index (χ0n) is 11.1. The highest BCUT2D eigenvalue weighted by molar-refractivity contribution is 7.98. The van der Waals surface area contributed by atoms with E-state index in [2.05, 4.69) is 15.5 Å². The largest absolute Gasteiger partial charge is 0.417 e. The Bertz CT molecular complexity index is 607. The first-order valence-corrected chi connectivity index (χ1v) is 7.18. The molecule has 7 heteroatoms. The molecule has 1 heterocycles. The Morgan fingerprint density at radius 3 is 2.38 bits per heavy atom. The molecule has 2 aromatic rings. The zero-order valence-corrected chi connectivity index (χ0v) is 11.9. The standard InChI is InChI=1S/C14H12F3N3S/c1-21-12-5-2-10(3-6-12)8-19-20-13-7-4-11(9-18-13)14(15,16)17/h2-9H,1H3,(H,18,20)/b19-8-. The summed E-state index contributed by atoms with van der Waals surface area (Å²) < 4.78 is 37.1. The number of pyridine rings is 1. The normalized spacial score (nSPS) is 11.8. The molecule has 0 atom stereocenters. The lowest BCUT2D eigenvalue weighted by atomic mass is 10.2. The molecule has 0 spiro atoms. The van der Waals surface area contributed by atoms with E-state index in [9.17, 15) is 13.2 Å². The number of hydrogen-bond acceptors (Lipinski definition) is 4. The molecule has 3 nitrogen and oxygen atoms in total. The van der Waals surface area contributed by atoms with E-state index in [1.165, 1.54) is 6.07 Å². The van der Waals surface area contributed by atoms with Gasteiger partial charge in [0, 0.05) is 11.1 Å². The lowest BCUT2D eigenvalue weighted by Gasteiger charge is -2.06. The van der Waals surface area contributed by atoms with Crippen LogP contribution < -0.4 is 5.43 Å². The average Bonchev–Trinajstić information content (AvgIpc) is 2.47. The molecule has 0 radical (unpaired) electrons. The van der Waals surface area contributed by atoms with Crippen LogP contribution in [0.1, 0.15) is 11.1 Å². The summed E-state index contributed by atoms with van der Waals surface area (Å²) in [5, 5.41) is 3.93. The molecule has 110 valence electrons. The summed E-state index contributed by atoms with van der Waals surface area (Å²) in [6, 6.07) is 9.91. The van der Waals surface area contributed by atoms with Crippen molar-refractivity contribution in [3.63, 3.8) is 0 Å². The van der Waals surface area contributed by atoms with Gasteiger partial charge in [-0.2, -0.15) is 18.3 Å². The van der Waals surface area contributed by atoms with Gasteiger partial charge in [-0.25, -0.2) is 4.98 Å². The first-order chi connectivity index (χ1) is 9.99. The Hall–Kier alpha value is -2.02. The molecule has 0 aliphatic heterocycles. The SMILES string of the molecule is CSc1ccc(/C=N\Nc2ccc(C(F)(F)F)cn2)cc1. The van der Waals surface area contributed by atoms with Crippen LogP contribution in [0.5, 0.6) is 0 Å². The van der Waals surface area contributed by atoms with E-state index in [0.717, 1.165) is 22.7 Å². The van der Waals surface area contributed by atoms with Crippen LogP contribution in [0.2, 0.25) is 0 Å². The summed E-state index contributed by atoms with van der Waals surface area (Å²) in [5.74, 6) is 0.250. The molecule has 2 rings (SSSR count).